The maximum atomic E-state index is 10.9. The highest BCUT2D eigenvalue weighted by atomic mass is 35.5. The fourth-order valence-electron chi connectivity index (χ4n) is 8.52. The molecule has 0 saturated heterocycles. The van der Waals surface area contributed by atoms with Gasteiger partial charge in [0, 0.05) is 30.3 Å². The fraction of sp³-hybridized carbons (Fsp3) is 0.583. The van der Waals surface area contributed by atoms with Crippen LogP contribution < -0.4 is 74.0 Å². The number of nitrogen functional groups attached to an aromatic ring is 3. The lowest BCUT2D eigenvalue weighted by atomic mass is 10.1. The van der Waals surface area contributed by atoms with E-state index < -0.39 is 14.8 Å². The Morgan fingerprint density at radius 2 is 0.566 bits per heavy atom. The second kappa shape index (κ2) is 53.1. The minimum absolute atomic E-state index is 0.0168. The summed E-state index contributed by atoms with van der Waals surface area (Å²) in [4.78, 5) is 54.9. The predicted molar refractivity (Wildman–Crippen MR) is 415 cm³/mol. The maximum Gasteiger partial charge on any atom is 0.332 e. The molecule has 0 aromatic carbocycles. The van der Waals surface area contributed by atoms with E-state index in [0.29, 0.717) is 143 Å². The van der Waals surface area contributed by atoms with Gasteiger partial charge in [0.15, 0.2) is 0 Å². The van der Waals surface area contributed by atoms with Crippen LogP contribution in [0.3, 0.4) is 0 Å². The molecule has 0 unspecified atom stereocenters. The number of hydrogen-bond donors (Lipinski definition) is 3. The van der Waals surface area contributed by atoms with Crippen molar-refractivity contribution in [2.45, 2.75) is 160 Å². The minimum Gasteiger partial charge on any atom is -0.481 e. The number of pyridine rings is 6. The first-order chi connectivity index (χ1) is 50.2. The third-order valence-corrected chi connectivity index (χ3v) is 15.2. The first-order valence-corrected chi connectivity index (χ1v) is 36.2. The zero-order chi connectivity index (χ0) is 80.0. The first-order valence-electron chi connectivity index (χ1n) is 34.7. The highest BCUT2D eigenvalue weighted by Gasteiger charge is 2.24. The number of nitrogens with two attached hydrogens (primary N) is 3. The van der Waals surface area contributed by atoms with Crippen molar-refractivity contribution in [1.82, 2.24) is 29.9 Å². The van der Waals surface area contributed by atoms with Crippen LogP contribution in [-0.2, 0) is 0 Å². The zero-order valence-corrected chi connectivity index (χ0v) is 67.5. The molecule has 6 aromatic heterocycles. The molecule has 0 aliphatic carbocycles. The molecule has 0 amide bonds. The van der Waals surface area contributed by atoms with Crippen LogP contribution in [0.25, 0.3) is 0 Å². The summed E-state index contributed by atoms with van der Waals surface area (Å²) >= 11 is 23.6. The molecule has 30 nitrogen and oxygen atoms in total. The van der Waals surface area contributed by atoms with E-state index in [4.69, 9.17) is 120 Å². The van der Waals surface area contributed by atoms with Crippen LogP contribution in [0.2, 0.25) is 20.1 Å². The Bertz CT molecular complexity index is 3480. The number of nitrogens with zero attached hydrogens (tertiary/aromatic N) is 9. The van der Waals surface area contributed by atoms with Crippen LogP contribution in [0, 0.1) is 65.9 Å². The van der Waals surface area contributed by atoms with Crippen molar-refractivity contribution in [1.29, 1.82) is 0 Å². The van der Waals surface area contributed by atoms with Crippen molar-refractivity contribution in [3.05, 3.63) is 99.0 Å². The molecule has 6 aromatic rings. The molecular weight excluding hydrogens is 1460 g/mol. The number of anilines is 3. The highest BCUT2D eigenvalue weighted by Crippen LogP contribution is 2.37. The van der Waals surface area contributed by atoms with Crippen LogP contribution in [-0.4, -0.2) is 127 Å². The van der Waals surface area contributed by atoms with Gasteiger partial charge in [-0.05, 0) is 131 Å². The first kappa shape index (κ1) is 95.3. The van der Waals surface area contributed by atoms with Crippen molar-refractivity contribution < 1.29 is 71.6 Å². The van der Waals surface area contributed by atoms with Gasteiger partial charge in [-0.2, -0.15) is 29.9 Å². The molecule has 0 fully saturated rings. The lowest BCUT2D eigenvalue weighted by molar-refractivity contribution is -0.386. The molecule has 0 atom stereocenters. The molecule has 0 saturated carbocycles. The standard InChI is InChI=1S/2C12H17ClN2O4.2C12H19ClN2O2.C12H18N2O4.C12H20N2O2/c1-8(2)5-4-6-19-11-9(13)7-10(15(16)17)12(14-11)18-3;1-8(2)5-4-6-19-12-10(15(16)17)7-9(13)11(14-12)18-3;1-8(2)5-4-6-17-11-9(13)7-10(14)12(15-11)16-3;1-8(2)5-4-6-17-12-10(14)7-9(13)11(15-12)16-3;1-9(2)5-4-8-18-12-10(14(15)16)6-7-11(13-12)17-3;1-9(2)5-4-8-16-12-10(13)6-7-11(14-12)15-3/h2*7-8H,4-6H2,1-3H3;2*7-8H,4-6,14H2,1-3H3;6-7,9H,4-5,8H2,1-3H3;6-7,9H,4-5,8,13H2,1-3H3. The van der Waals surface area contributed by atoms with Gasteiger partial charge in [-0.15, -0.1) is 0 Å². The van der Waals surface area contributed by atoms with Gasteiger partial charge in [-0.1, -0.05) is 129 Å². The van der Waals surface area contributed by atoms with Gasteiger partial charge in [0.05, 0.1) is 114 Å². The zero-order valence-electron chi connectivity index (χ0n) is 64.4. The highest BCUT2D eigenvalue weighted by molar-refractivity contribution is 6.33. The van der Waals surface area contributed by atoms with Crippen LogP contribution in [0.5, 0.6) is 70.6 Å². The smallest absolute Gasteiger partial charge is 0.332 e. The van der Waals surface area contributed by atoms with Gasteiger partial charge in [0.25, 0.3) is 17.6 Å². The second-order valence-corrected chi connectivity index (χ2v) is 27.5. The van der Waals surface area contributed by atoms with E-state index in [1.54, 1.807) is 31.4 Å². The summed E-state index contributed by atoms with van der Waals surface area (Å²) in [6.45, 7) is 28.9. The number of hydrogen-bond acceptors (Lipinski definition) is 27. The monoisotopic (exact) mass is 1570 g/mol. The Kier molecular flexibility index (Phi) is 47.7. The number of aromatic nitrogens is 6. The molecule has 6 rings (SSSR count). The molecule has 106 heavy (non-hydrogen) atoms. The predicted octanol–water partition coefficient (Wildman–Crippen LogP) is 18.5. The molecule has 6 heterocycles. The van der Waals surface area contributed by atoms with Crippen molar-refractivity contribution in [3.8, 4) is 70.6 Å². The molecule has 0 bridgehead atoms. The van der Waals surface area contributed by atoms with Crippen LogP contribution in [0.1, 0.15) is 160 Å². The summed E-state index contributed by atoms with van der Waals surface area (Å²) in [6, 6.07) is 11.8. The van der Waals surface area contributed by atoms with Gasteiger partial charge in [-0.25, -0.2) is 0 Å². The Labute approximate surface area is 643 Å². The quantitative estimate of drug-likeness (QED) is 0.0183. The van der Waals surface area contributed by atoms with E-state index in [9.17, 15) is 30.3 Å². The lowest BCUT2D eigenvalue weighted by Crippen LogP contribution is -2.05. The summed E-state index contributed by atoms with van der Waals surface area (Å²) in [5.41, 5.74) is 17.9. The Balaban J connectivity index is 0.000000637. The molecule has 34 heteroatoms. The molecule has 594 valence electrons. The Hall–Kier alpha value is -8.74. The SMILES string of the molecule is COc1ccc(N)c(OCCCC(C)C)n1.COc1ccc([N+](=O)[O-])c(OCCCC(C)C)n1.COc1nc(OCCCC(C)C)c(Cl)cc1N.COc1nc(OCCCC(C)C)c(Cl)cc1[N+](=O)[O-].COc1nc(OCCCC(C)C)c(N)cc1Cl.COc1nc(OCCCC(C)C)c([N+](=O)[O-])cc1Cl. The van der Waals surface area contributed by atoms with Crippen LogP contribution in [0.15, 0.2) is 48.5 Å². The van der Waals surface area contributed by atoms with Gasteiger partial charge in [-0.3, -0.25) is 30.3 Å². The average Bonchev–Trinajstić information content (AvgIpc) is 0.849. The summed E-state index contributed by atoms with van der Waals surface area (Å²) in [5, 5.41) is 33.5. The molecule has 0 aliphatic rings. The summed E-state index contributed by atoms with van der Waals surface area (Å²) in [6.07, 6.45) is 11.9. The third kappa shape index (κ3) is 39.0. The fourth-order valence-corrected chi connectivity index (χ4v) is 9.39. The van der Waals surface area contributed by atoms with E-state index in [1.165, 1.54) is 59.8 Å². The number of rotatable bonds is 39. The topological polar surface area (TPSA) is 396 Å². The van der Waals surface area contributed by atoms with E-state index >= 15 is 0 Å². The van der Waals surface area contributed by atoms with E-state index in [0.717, 1.165) is 77.0 Å². The number of ether oxygens (including phenoxy) is 12. The summed E-state index contributed by atoms with van der Waals surface area (Å²) < 4.78 is 62.4. The molecule has 0 radical (unpaired) electrons. The normalized spacial score (nSPS) is 10.6. The van der Waals surface area contributed by atoms with Crippen molar-refractivity contribution in [2.24, 2.45) is 35.5 Å². The Morgan fingerprint density at radius 3 is 0.915 bits per heavy atom. The van der Waals surface area contributed by atoms with Gasteiger partial charge >= 0.3 is 17.1 Å². The van der Waals surface area contributed by atoms with Gasteiger partial charge in [0.1, 0.15) is 20.1 Å². The third-order valence-electron chi connectivity index (χ3n) is 14.1. The van der Waals surface area contributed by atoms with E-state index in [1.807, 2.05) is 0 Å². The lowest BCUT2D eigenvalue weighted by Gasteiger charge is -2.10. The van der Waals surface area contributed by atoms with E-state index in [-0.39, 0.29) is 56.5 Å². The van der Waals surface area contributed by atoms with E-state index in [2.05, 4.69) is 113 Å². The number of halogens is 4. The van der Waals surface area contributed by atoms with Crippen molar-refractivity contribution >= 4 is 80.5 Å². The van der Waals surface area contributed by atoms with Crippen molar-refractivity contribution in [3.63, 3.8) is 0 Å². The minimum atomic E-state index is -0.597. The van der Waals surface area contributed by atoms with Crippen molar-refractivity contribution in [2.75, 3.05) is 99.5 Å². The number of methoxy groups -OCH3 is 6. The Morgan fingerprint density at radius 1 is 0.311 bits per heavy atom. The molecule has 6 N–H and O–H groups in total. The maximum absolute atomic E-state index is 10.9. The summed E-state index contributed by atoms with van der Waals surface area (Å²) in [7, 11) is 8.74. The molecule has 0 aliphatic heterocycles. The van der Waals surface area contributed by atoms with Crippen LogP contribution >= 0.6 is 46.4 Å². The molecule has 0 spiro atoms. The van der Waals surface area contributed by atoms with Gasteiger partial charge in [0.2, 0.25) is 52.9 Å². The largest absolute Gasteiger partial charge is 0.481 e. The second-order valence-electron chi connectivity index (χ2n) is 25.9. The number of nitro groups is 3. The average molecular weight is 1570 g/mol. The van der Waals surface area contributed by atoms with Crippen LogP contribution in [0.4, 0.5) is 34.1 Å². The molecular formula is C72H110Cl4N12O18. The van der Waals surface area contributed by atoms with Gasteiger partial charge < -0.3 is 74.0 Å². The summed E-state index contributed by atoms with van der Waals surface area (Å²) in [5.74, 6) is 6.63.